The molecular formula is C27H22ClN3O3S. The maximum absolute atomic E-state index is 12.4. The van der Waals surface area contributed by atoms with Gasteiger partial charge in [-0.15, -0.1) is 11.3 Å². The van der Waals surface area contributed by atoms with Gasteiger partial charge in [0.1, 0.15) is 17.7 Å². The van der Waals surface area contributed by atoms with Crippen LogP contribution in [0.4, 0.5) is 0 Å². The second-order valence-electron chi connectivity index (χ2n) is 8.18. The molecule has 0 saturated carbocycles. The molecule has 0 spiro atoms. The van der Waals surface area contributed by atoms with E-state index in [2.05, 4.69) is 10.3 Å². The number of carbonyl (C=O) groups excluding carboxylic acids is 2. The van der Waals surface area contributed by atoms with Crippen LogP contribution in [-0.2, 0) is 11.2 Å². The third-order valence-electron chi connectivity index (χ3n) is 5.68. The number of rotatable bonds is 7. The van der Waals surface area contributed by atoms with Crippen molar-refractivity contribution in [3.05, 3.63) is 94.4 Å². The Hall–Kier alpha value is -3.68. The van der Waals surface area contributed by atoms with E-state index in [4.69, 9.17) is 16.3 Å². The molecule has 176 valence electrons. The number of hydrogen-bond acceptors (Lipinski definition) is 5. The van der Waals surface area contributed by atoms with Crippen LogP contribution >= 0.6 is 22.9 Å². The molecule has 5 rings (SSSR count). The molecule has 35 heavy (non-hydrogen) atoms. The summed E-state index contributed by atoms with van der Waals surface area (Å²) >= 11 is 7.95. The molecular weight excluding hydrogens is 482 g/mol. The highest BCUT2D eigenvalue weighted by Crippen LogP contribution is 2.41. The molecule has 1 aliphatic heterocycles. The lowest BCUT2D eigenvalue weighted by molar-refractivity contribution is -0.116. The number of thiophene rings is 1. The van der Waals surface area contributed by atoms with Gasteiger partial charge >= 0.3 is 0 Å². The van der Waals surface area contributed by atoms with Crippen LogP contribution in [0.2, 0.25) is 5.02 Å². The number of para-hydroxylation sites is 1. The fourth-order valence-electron chi connectivity index (χ4n) is 3.99. The fourth-order valence-corrected chi connectivity index (χ4v) is 5.17. The number of halogens is 1. The van der Waals surface area contributed by atoms with E-state index >= 15 is 0 Å². The Bertz CT molecular complexity index is 1420. The minimum absolute atomic E-state index is 0.0470. The van der Waals surface area contributed by atoms with Gasteiger partial charge in [-0.3, -0.25) is 9.59 Å². The Morgan fingerprint density at radius 2 is 2.06 bits per heavy atom. The van der Waals surface area contributed by atoms with Crippen molar-refractivity contribution < 1.29 is 14.3 Å². The Morgan fingerprint density at radius 1 is 1.23 bits per heavy atom. The first-order valence-electron chi connectivity index (χ1n) is 11.1. The number of nitrogens with one attached hydrogen (secondary N) is 1. The molecule has 8 heteroatoms. The van der Waals surface area contributed by atoms with Crippen molar-refractivity contribution in [1.29, 1.82) is 0 Å². The summed E-state index contributed by atoms with van der Waals surface area (Å²) in [5, 5.41) is 3.42. The monoisotopic (exact) mass is 503 g/mol. The van der Waals surface area contributed by atoms with Crippen molar-refractivity contribution in [2.75, 3.05) is 6.54 Å². The summed E-state index contributed by atoms with van der Waals surface area (Å²) in [5.74, 6) is 1.13. The summed E-state index contributed by atoms with van der Waals surface area (Å²) in [6.07, 6.45) is 7.13. The number of Topliss-reactive ketones (excluding diaryl/α,β-unsaturated/α-hetero) is 1. The number of aromatic nitrogens is 2. The maximum Gasteiger partial charge on any atom is 0.244 e. The lowest BCUT2D eigenvalue weighted by Crippen LogP contribution is -2.33. The Morgan fingerprint density at radius 3 is 2.83 bits per heavy atom. The van der Waals surface area contributed by atoms with Gasteiger partial charge in [-0.2, -0.15) is 0 Å². The second kappa shape index (κ2) is 9.90. The van der Waals surface area contributed by atoms with E-state index in [0.717, 1.165) is 21.7 Å². The average Bonchev–Trinajstić information content (AvgIpc) is 3.61. The van der Waals surface area contributed by atoms with E-state index in [9.17, 15) is 9.59 Å². The number of nitrogens with zero attached hydrogens (tertiary/aromatic N) is 2. The Kier molecular flexibility index (Phi) is 6.53. The molecule has 1 aliphatic rings. The molecule has 0 aliphatic carbocycles. The van der Waals surface area contributed by atoms with Crippen molar-refractivity contribution in [3.63, 3.8) is 0 Å². The van der Waals surface area contributed by atoms with Crippen LogP contribution in [-0.4, -0.2) is 33.9 Å². The maximum atomic E-state index is 12.4. The summed E-state index contributed by atoms with van der Waals surface area (Å²) in [5.41, 5.74) is 2.92. The fraction of sp³-hybridized carbons (Fsp3) is 0.148. The van der Waals surface area contributed by atoms with Crippen molar-refractivity contribution >= 4 is 40.7 Å². The van der Waals surface area contributed by atoms with Gasteiger partial charge < -0.3 is 14.6 Å². The first-order chi connectivity index (χ1) is 17.0. The molecule has 0 fully saturated rings. The van der Waals surface area contributed by atoms with Crippen LogP contribution in [0.1, 0.15) is 28.0 Å². The van der Waals surface area contributed by atoms with Crippen LogP contribution in [0.5, 0.6) is 5.75 Å². The first-order valence-corrected chi connectivity index (χ1v) is 12.3. The van der Waals surface area contributed by atoms with E-state index in [1.54, 1.807) is 19.2 Å². The SMILES string of the molecule is CC(=O)c1ccc(-c2cc(Cl)c3c(c2)CC(CNC(=O)/C=C/c2nccn2-c2ccccc2)O3)s1. The standard InChI is InChI=1S/C27H22ClN3O3S/c1-17(32)23-7-8-24(35-23)18-13-19-14-21(34-27(19)22(28)15-18)16-30-26(33)10-9-25-29-11-12-31(25)20-5-3-2-4-6-20/h2-13,15,21H,14,16H2,1H3,(H,30,33)/b10-9+. The van der Waals surface area contributed by atoms with Gasteiger partial charge in [0.25, 0.3) is 0 Å². The van der Waals surface area contributed by atoms with Gasteiger partial charge in [0, 0.05) is 41.0 Å². The lowest BCUT2D eigenvalue weighted by Gasteiger charge is -2.11. The number of imidazole rings is 1. The van der Waals surface area contributed by atoms with Gasteiger partial charge in [0.15, 0.2) is 5.78 Å². The van der Waals surface area contributed by atoms with E-state index in [1.165, 1.54) is 17.4 Å². The average molecular weight is 504 g/mol. The predicted octanol–water partition coefficient (Wildman–Crippen LogP) is 5.59. The Labute approximate surface area is 211 Å². The lowest BCUT2D eigenvalue weighted by atomic mass is 10.1. The van der Waals surface area contributed by atoms with Crippen molar-refractivity contribution in [1.82, 2.24) is 14.9 Å². The van der Waals surface area contributed by atoms with Crippen LogP contribution in [0, 0.1) is 0 Å². The number of benzene rings is 2. The van der Waals surface area contributed by atoms with Gasteiger partial charge in [-0.05, 0) is 55.0 Å². The smallest absolute Gasteiger partial charge is 0.244 e. The zero-order chi connectivity index (χ0) is 24.4. The van der Waals surface area contributed by atoms with Gasteiger partial charge in [-0.1, -0.05) is 29.8 Å². The number of ether oxygens (including phenoxy) is 1. The summed E-state index contributed by atoms with van der Waals surface area (Å²) < 4.78 is 7.92. The number of fused-ring (bicyclic) bond motifs is 1. The van der Waals surface area contributed by atoms with Crippen LogP contribution in [0.15, 0.2) is 73.1 Å². The molecule has 3 heterocycles. The summed E-state index contributed by atoms with van der Waals surface area (Å²) in [6.45, 7) is 1.91. The summed E-state index contributed by atoms with van der Waals surface area (Å²) in [6, 6.07) is 17.5. The molecule has 6 nitrogen and oxygen atoms in total. The van der Waals surface area contributed by atoms with Crippen molar-refractivity contribution in [2.24, 2.45) is 0 Å². The molecule has 1 atom stereocenters. The Balaban J connectivity index is 1.21. The molecule has 4 aromatic rings. The molecule has 2 aromatic heterocycles. The van der Waals surface area contributed by atoms with Gasteiger partial charge in [0.2, 0.25) is 5.91 Å². The van der Waals surface area contributed by atoms with E-state index in [-0.39, 0.29) is 17.8 Å². The summed E-state index contributed by atoms with van der Waals surface area (Å²) in [7, 11) is 0. The van der Waals surface area contributed by atoms with Crippen LogP contribution in [0.25, 0.3) is 22.2 Å². The molecule has 1 N–H and O–H groups in total. The minimum Gasteiger partial charge on any atom is -0.486 e. The normalized spacial score (nSPS) is 14.6. The molecule has 0 saturated heterocycles. The quantitative estimate of drug-likeness (QED) is 0.263. The summed E-state index contributed by atoms with van der Waals surface area (Å²) in [4.78, 5) is 30.1. The highest BCUT2D eigenvalue weighted by molar-refractivity contribution is 7.17. The van der Waals surface area contributed by atoms with Gasteiger partial charge in [0.05, 0.1) is 16.4 Å². The van der Waals surface area contributed by atoms with Crippen LogP contribution in [0.3, 0.4) is 0 Å². The van der Waals surface area contributed by atoms with E-state index in [0.29, 0.717) is 34.4 Å². The highest BCUT2D eigenvalue weighted by atomic mass is 35.5. The number of amides is 1. The zero-order valence-corrected chi connectivity index (χ0v) is 20.5. The number of ketones is 1. The van der Waals surface area contributed by atoms with Gasteiger partial charge in [-0.25, -0.2) is 4.98 Å². The van der Waals surface area contributed by atoms with E-state index in [1.807, 2.05) is 65.4 Å². The molecule has 1 unspecified atom stereocenters. The highest BCUT2D eigenvalue weighted by Gasteiger charge is 2.26. The molecule has 0 radical (unpaired) electrons. The minimum atomic E-state index is -0.227. The van der Waals surface area contributed by atoms with E-state index < -0.39 is 0 Å². The third kappa shape index (κ3) is 5.06. The topological polar surface area (TPSA) is 73.2 Å². The van der Waals surface area contributed by atoms with Crippen molar-refractivity contribution in [2.45, 2.75) is 19.4 Å². The first kappa shape index (κ1) is 23.1. The van der Waals surface area contributed by atoms with Crippen LogP contribution < -0.4 is 10.1 Å². The molecule has 1 amide bonds. The zero-order valence-electron chi connectivity index (χ0n) is 18.9. The third-order valence-corrected chi connectivity index (χ3v) is 7.20. The predicted molar refractivity (Wildman–Crippen MR) is 138 cm³/mol. The number of carbonyl (C=O) groups is 2. The molecule has 2 aromatic carbocycles. The second-order valence-corrected chi connectivity index (χ2v) is 9.67. The molecule has 0 bridgehead atoms. The number of hydrogen-bond donors (Lipinski definition) is 1. The largest absolute Gasteiger partial charge is 0.486 e. The van der Waals surface area contributed by atoms with Crippen molar-refractivity contribution in [3.8, 4) is 21.9 Å².